The molecule has 0 unspecified atom stereocenters. The minimum atomic E-state index is 0. The van der Waals surface area contributed by atoms with Crippen molar-refractivity contribution in [3.63, 3.8) is 0 Å². The second-order valence-corrected chi connectivity index (χ2v) is 6.32. The molecule has 3 rings (SSSR count). The summed E-state index contributed by atoms with van der Waals surface area (Å²) in [5.41, 5.74) is 4.39. The summed E-state index contributed by atoms with van der Waals surface area (Å²) >= 11 is 0. The van der Waals surface area contributed by atoms with Crippen LogP contribution < -0.4 is 5.32 Å². The van der Waals surface area contributed by atoms with Gasteiger partial charge in [0.05, 0.1) is 0 Å². The van der Waals surface area contributed by atoms with Gasteiger partial charge in [-0.3, -0.25) is 4.90 Å². The largest absolute Gasteiger partial charge is 0.314 e. The smallest absolute Gasteiger partial charge is 0.0351 e. The van der Waals surface area contributed by atoms with E-state index in [1.807, 2.05) is 0 Å². The quantitative estimate of drug-likeness (QED) is 0.900. The molecule has 2 nitrogen and oxygen atoms in total. The molecule has 1 heterocycles. The normalized spacial score (nSPS) is 20.3. The maximum absolute atomic E-state index is 3.47. The number of halogens is 2. The number of aryl methyl sites for hydroxylation is 2. The molecule has 1 aromatic carbocycles. The van der Waals surface area contributed by atoms with Gasteiger partial charge >= 0.3 is 0 Å². The molecule has 0 bridgehead atoms. The molecule has 1 atom stereocenters. The SMILES string of the molecule is Cc1ccc([C@H](CC2CC2)N2CCNCC2)cc1C.Cl.Cl. The Balaban J connectivity index is 0.00000110. The van der Waals surface area contributed by atoms with Crippen molar-refractivity contribution >= 4 is 24.8 Å². The Kier molecular flexibility index (Phi) is 7.49. The van der Waals surface area contributed by atoms with Crippen molar-refractivity contribution in [2.75, 3.05) is 26.2 Å². The third kappa shape index (κ3) is 4.85. The molecule has 1 aliphatic heterocycles. The van der Waals surface area contributed by atoms with Gasteiger partial charge in [-0.05, 0) is 42.9 Å². The van der Waals surface area contributed by atoms with Crippen LogP contribution in [0.3, 0.4) is 0 Å². The summed E-state index contributed by atoms with van der Waals surface area (Å²) in [5.74, 6) is 0.987. The molecule has 1 saturated heterocycles. The highest BCUT2D eigenvalue weighted by Gasteiger charge is 2.30. The first kappa shape index (κ1) is 18.8. The number of hydrogen-bond acceptors (Lipinski definition) is 2. The maximum Gasteiger partial charge on any atom is 0.0351 e. The highest BCUT2D eigenvalue weighted by molar-refractivity contribution is 5.85. The van der Waals surface area contributed by atoms with Gasteiger partial charge in [-0.2, -0.15) is 0 Å². The van der Waals surface area contributed by atoms with Gasteiger partial charge in [-0.1, -0.05) is 31.0 Å². The summed E-state index contributed by atoms with van der Waals surface area (Å²) in [5, 5.41) is 3.47. The van der Waals surface area contributed by atoms with E-state index in [4.69, 9.17) is 0 Å². The first-order valence-electron chi connectivity index (χ1n) is 7.76. The summed E-state index contributed by atoms with van der Waals surface area (Å²) in [6, 6.07) is 7.73. The Morgan fingerprint density at radius 3 is 2.33 bits per heavy atom. The predicted molar refractivity (Wildman–Crippen MR) is 94.9 cm³/mol. The lowest BCUT2D eigenvalue weighted by atomic mass is 9.95. The summed E-state index contributed by atoms with van der Waals surface area (Å²) in [4.78, 5) is 2.69. The van der Waals surface area contributed by atoms with E-state index >= 15 is 0 Å². The summed E-state index contributed by atoms with van der Waals surface area (Å²) < 4.78 is 0. The molecule has 4 heteroatoms. The molecule has 120 valence electrons. The average Bonchev–Trinajstić information content (AvgIpc) is 3.24. The lowest BCUT2D eigenvalue weighted by Crippen LogP contribution is -2.45. The molecule has 2 fully saturated rings. The van der Waals surface area contributed by atoms with Crippen LogP contribution in [0.5, 0.6) is 0 Å². The fourth-order valence-electron chi connectivity index (χ4n) is 3.13. The third-order valence-electron chi connectivity index (χ3n) is 4.76. The molecule has 0 aromatic heterocycles. The molecule has 21 heavy (non-hydrogen) atoms. The fourth-order valence-corrected chi connectivity index (χ4v) is 3.13. The van der Waals surface area contributed by atoms with E-state index < -0.39 is 0 Å². The molecule has 1 aliphatic carbocycles. The Bertz CT molecular complexity index is 440. The summed E-state index contributed by atoms with van der Waals surface area (Å²) in [6.07, 6.45) is 4.27. The predicted octanol–water partition coefficient (Wildman–Crippen LogP) is 3.89. The number of rotatable bonds is 4. The van der Waals surface area contributed by atoms with Gasteiger partial charge in [0.1, 0.15) is 0 Å². The van der Waals surface area contributed by atoms with E-state index in [9.17, 15) is 0 Å². The highest BCUT2D eigenvalue weighted by atomic mass is 35.5. The van der Waals surface area contributed by atoms with Crippen LogP contribution in [0, 0.1) is 19.8 Å². The van der Waals surface area contributed by atoms with Crippen molar-refractivity contribution in [3.8, 4) is 0 Å². The summed E-state index contributed by atoms with van der Waals surface area (Å²) in [7, 11) is 0. The van der Waals surface area contributed by atoms with E-state index in [0.717, 1.165) is 19.0 Å². The standard InChI is InChI=1S/C17H26N2.2ClH/c1-13-3-6-16(11-14(13)2)17(12-15-4-5-15)19-9-7-18-8-10-19;;/h3,6,11,15,17-18H,4-5,7-10,12H2,1-2H3;2*1H/t17-;;/m0../s1. The fraction of sp³-hybridized carbons (Fsp3) is 0.647. The van der Waals surface area contributed by atoms with Crippen molar-refractivity contribution in [2.45, 2.75) is 39.2 Å². The van der Waals surface area contributed by atoms with Crippen LogP contribution in [-0.2, 0) is 0 Å². The number of nitrogens with one attached hydrogen (secondary N) is 1. The van der Waals surface area contributed by atoms with Crippen LogP contribution in [0.2, 0.25) is 0 Å². The molecule has 2 aliphatic rings. The molecule has 1 N–H and O–H groups in total. The average molecular weight is 331 g/mol. The Hall–Kier alpha value is -0.280. The number of nitrogens with zero attached hydrogens (tertiary/aromatic N) is 1. The number of piperazine rings is 1. The van der Waals surface area contributed by atoms with Crippen LogP contribution in [0.15, 0.2) is 18.2 Å². The van der Waals surface area contributed by atoms with Gasteiger partial charge < -0.3 is 5.32 Å². The molecular formula is C17H28Cl2N2. The Labute approximate surface area is 141 Å². The molecule has 1 saturated carbocycles. The molecule has 0 spiro atoms. The van der Waals surface area contributed by atoms with E-state index in [2.05, 4.69) is 42.3 Å². The minimum absolute atomic E-state index is 0. The zero-order chi connectivity index (χ0) is 13.2. The minimum Gasteiger partial charge on any atom is -0.314 e. The van der Waals surface area contributed by atoms with E-state index in [-0.39, 0.29) is 24.8 Å². The van der Waals surface area contributed by atoms with Crippen molar-refractivity contribution in [2.24, 2.45) is 5.92 Å². The first-order chi connectivity index (χ1) is 9.24. The van der Waals surface area contributed by atoms with Crippen molar-refractivity contribution < 1.29 is 0 Å². The zero-order valence-corrected chi connectivity index (χ0v) is 14.7. The van der Waals surface area contributed by atoms with Gasteiger partial charge in [0.2, 0.25) is 0 Å². The number of hydrogen-bond donors (Lipinski definition) is 1. The van der Waals surface area contributed by atoms with Gasteiger partial charge in [-0.15, -0.1) is 24.8 Å². The zero-order valence-electron chi connectivity index (χ0n) is 13.1. The lowest BCUT2D eigenvalue weighted by molar-refractivity contribution is 0.160. The van der Waals surface area contributed by atoms with Gasteiger partial charge in [-0.25, -0.2) is 0 Å². The van der Waals surface area contributed by atoms with Crippen molar-refractivity contribution in [3.05, 3.63) is 34.9 Å². The van der Waals surface area contributed by atoms with Crippen LogP contribution in [-0.4, -0.2) is 31.1 Å². The first-order valence-corrected chi connectivity index (χ1v) is 7.76. The molecule has 1 aromatic rings. The third-order valence-corrected chi connectivity index (χ3v) is 4.76. The maximum atomic E-state index is 3.47. The second-order valence-electron chi connectivity index (χ2n) is 6.32. The highest BCUT2D eigenvalue weighted by Crippen LogP contribution is 2.40. The Morgan fingerprint density at radius 2 is 1.76 bits per heavy atom. The van der Waals surface area contributed by atoms with E-state index in [1.54, 1.807) is 0 Å². The monoisotopic (exact) mass is 330 g/mol. The van der Waals surface area contributed by atoms with E-state index in [1.165, 1.54) is 49.0 Å². The van der Waals surface area contributed by atoms with Crippen LogP contribution in [0.25, 0.3) is 0 Å². The van der Waals surface area contributed by atoms with E-state index in [0.29, 0.717) is 6.04 Å². The lowest BCUT2D eigenvalue weighted by Gasteiger charge is -2.35. The van der Waals surface area contributed by atoms with Crippen LogP contribution >= 0.6 is 24.8 Å². The molecule has 0 radical (unpaired) electrons. The summed E-state index contributed by atoms with van der Waals surface area (Å²) in [6.45, 7) is 9.14. The molecular weight excluding hydrogens is 303 g/mol. The van der Waals surface area contributed by atoms with Gasteiger partial charge in [0.25, 0.3) is 0 Å². The van der Waals surface area contributed by atoms with Crippen LogP contribution in [0.1, 0.15) is 42.0 Å². The topological polar surface area (TPSA) is 15.3 Å². The van der Waals surface area contributed by atoms with Crippen LogP contribution in [0.4, 0.5) is 0 Å². The van der Waals surface area contributed by atoms with Gasteiger partial charge in [0, 0.05) is 32.2 Å². The van der Waals surface area contributed by atoms with Gasteiger partial charge in [0.15, 0.2) is 0 Å². The second kappa shape index (κ2) is 8.38. The number of benzene rings is 1. The Morgan fingerprint density at radius 1 is 1.10 bits per heavy atom. The molecule has 0 amide bonds. The van der Waals surface area contributed by atoms with Crippen molar-refractivity contribution in [1.82, 2.24) is 10.2 Å². The van der Waals surface area contributed by atoms with Crippen molar-refractivity contribution in [1.29, 1.82) is 0 Å².